The molecule has 2 saturated heterocycles. The Morgan fingerprint density at radius 1 is 0.792 bits per heavy atom. The van der Waals surface area contributed by atoms with E-state index in [1.165, 1.54) is 19.3 Å². The third-order valence-electron chi connectivity index (χ3n) is 11.5. The first-order valence-electron chi connectivity index (χ1n) is 18.1. The fourth-order valence-corrected chi connectivity index (χ4v) is 9.56. The summed E-state index contributed by atoms with van der Waals surface area (Å²) in [5.74, 6) is 2.40. The summed E-state index contributed by atoms with van der Waals surface area (Å²) in [5.41, 5.74) is 6.22. The van der Waals surface area contributed by atoms with Gasteiger partial charge in [-0.05, 0) is 96.2 Å². The molecule has 4 saturated carbocycles. The van der Waals surface area contributed by atoms with Gasteiger partial charge in [-0.15, -0.1) is 0 Å². The molecule has 3 aromatic rings. The number of ether oxygens (including phenoxy) is 3. The van der Waals surface area contributed by atoms with E-state index in [0.29, 0.717) is 6.54 Å². The zero-order valence-corrected chi connectivity index (χ0v) is 27.8. The Bertz CT molecular complexity index is 1540. The molecular weight excluding hydrogens is 602 g/mol. The molecule has 0 aromatic heterocycles. The van der Waals surface area contributed by atoms with Gasteiger partial charge in [-0.2, -0.15) is 0 Å². The molecule has 2 amide bonds. The minimum absolute atomic E-state index is 0.00648. The van der Waals surface area contributed by atoms with Gasteiger partial charge in [-0.25, -0.2) is 4.79 Å². The van der Waals surface area contributed by atoms with Crippen molar-refractivity contribution >= 4 is 6.03 Å². The van der Waals surface area contributed by atoms with E-state index in [-0.39, 0.29) is 30.4 Å². The van der Waals surface area contributed by atoms with Crippen LogP contribution < -0.4 is 10.6 Å². The molecule has 0 spiro atoms. The smallest absolute Gasteiger partial charge is 0.315 e. The number of amides is 2. The molecule has 0 radical (unpaired) electrons. The minimum atomic E-state index is -0.509. The molecule has 3 N–H and O–H groups in total. The van der Waals surface area contributed by atoms with Crippen LogP contribution in [0.3, 0.4) is 0 Å². The van der Waals surface area contributed by atoms with E-state index < -0.39 is 6.29 Å². The molecular formula is C40H49N3O5. The van der Waals surface area contributed by atoms with Gasteiger partial charge in [0.25, 0.3) is 0 Å². The Balaban J connectivity index is 0.949. The van der Waals surface area contributed by atoms with Crippen molar-refractivity contribution in [3.8, 4) is 11.1 Å². The molecule has 6 fully saturated rings. The summed E-state index contributed by atoms with van der Waals surface area (Å²) in [5, 5.41) is 16.2. The summed E-state index contributed by atoms with van der Waals surface area (Å²) in [4.78, 5) is 15.5. The maximum absolute atomic E-state index is 13.1. The van der Waals surface area contributed by atoms with E-state index in [2.05, 4.69) is 76.2 Å². The molecule has 48 heavy (non-hydrogen) atoms. The molecule has 4 aliphatic carbocycles. The van der Waals surface area contributed by atoms with Crippen molar-refractivity contribution in [2.75, 3.05) is 32.8 Å². The van der Waals surface area contributed by atoms with Crippen LogP contribution in [-0.4, -0.2) is 60.5 Å². The van der Waals surface area contributed by atoms with Gasteiger partial charge in [-0.1, -0.05) is 60.7 Å². The van der Waals surface area contributed by atoms with Crippen molar-refractivity contribution in [1.29, 1.82) is 0 Å². The van der Waals surface area contributed by atoms with Crippen molar-refractivity contribution < 1.29 is 24.1 Å². The van der Waals surface area contributed by atoms with E-state index in [1.54, 1.807) is 0 Å². The van der Waals surface area contributed by atoms with Crippen molar-refractivity contribution in [1.82, 2.24) is 15.5 Å². The van der Waals surface area contributed by atoms with Gasteiger partial charge in [0.2, 0.25) is 0 Å². The van der Waals surface area contributed by atoms with Crippen molar-refractivity contribution in [3.63, 3.8) is 0 Å². The molecule has 0 unspecified atom stereocenters. The normalized spacial score (nSPS) is 31.4. The molecule has 3 aromatic carbocycles. The average molecular weight is 652 g/mol. The van der Waals surface area contributed by atoms with E-state index in [1.807, 2.05) is 12.1 Å². The highest BCUT2D eigenvalue weighted by atomic mass is 16.7. The molecule has 4 bridgehead atoms. The molecule has 8 heteroatoms. The highest BCUT2D eigenvalue weighted by Gasteiger charge is 2.51. The SMILES string of the molecule is O=C(NCc1cccc(-c2cccc([C@H]3O[C@@H](CN4CCOCC4)C[C@@H](c4ccc(CO)cc4)O3)c2)c1)NC12CC3CC(CC(C3)C1)C2. The number of carbonyl (C=O) groups excluding carboxylic acids is 1. The predicted octanol–water partition coefficient (Wildman–Crippen LogP) is 6.49. The fraction of sp³-hybridized carbons (Fsp3) is 0.525. The number of nitrogens with one attached hydrogen (secondary N) is 2. The molecule has 8 nitrogen and oxygen atoms in total. The third-order valence-corrected chi connectivity index (χ3v) is 11.5. The monoisotopic (exact) mass is 651 g/mol. The van der Waals surface area contributed by atoms with Crippen molar-refractivity contribution in [2.24, 2.45) is 17.8 Å². The van der Waals surface area contributed by atoms with Crippen LogP contribution in [0, 0.1) is 17.8 Å². The second-order valence-electron chi connectivity index (χ2n) is 15.1. The molecule has 9 rings (SSSR count). The fourth-order valence-electron chi connectivity index (χ4n) is 9.56. The van der Waals surface area contributed by atoms with Gasteiger partial charge in [-0.3, -0.25) is 4.90 Å². The number of hydrogen-bond donors (Lipinski definition) is 3. The molecule has 2 heterocycles. The average Bonchev–Trinajstić information content (AvgIpc) is 3.10. The van der Waals surface area contributed by atoms with Crippen LogP contribution in [0.25, 0.3) is 11.1 Å². The van der Waals surface area contributed by atoms with Gasteiger partial charge >= 0.3 is 6.03 Å². The first-order valence-corrected chi connectivity index (χ1v) is 18.1. The zero-order chi connectivity index (χ0) is 32.5. The van der Waals surface area contributed by atoms with Crippen molar-refractivity contribution in [3.05, 3.63) is 95.1 Å². The lowest BCUT2D eigenvalue weighted by molar-refractivity contribution is -0.253. The Morgan fingerprint density at radius 3 is 2.19 bits per heavy atom. The maximum Gasteiger partial charge on any atom is 0.315 e. The Kier molecular flexibility index (Phi) is 9.27. The standard InChI is InChI=1S/C40H49N3O5/c44-26-27-7-9-32(10-8-27)37-20-36(25-43-11-13-46-14-12-43)47-38(48-37)35-6-2-5-34(19-35)33-4-1-3-28(18-33)24-41-39(45)42-40-21-29-15-30(22-40)17-31(16-29)23-40/h1-10,18-19,29-31,36-38,44H,11-17,20-26H2,(H2,41,42,45)/t29?,30?,31?,36-,37+,38+,40?/m1/s1. The highest BCUT2D eigenvalue weighted by molar-refractivity contribution is 5.75. The van der Waals surface area contributed by atoms with Gasteiger partial charge in [0, 0.05) is 43.7 Å². The van der Waals surface area contributed by atoms with Crippen LogP contribution in [-0.2, 0) is 27.4 Å². The molecule has 2 aliphatic heterocycles. The van der Waals surface area contributed by atoms with Gasteiger partial charge in [0.15, 0.2) is 6.29 Å². The molecule has 6 aliphatic rings. The van der Waals surface area contributed by atoms with Crippen molar-refractivity contribution in [2.45, 2.75) is 82.1 Å². The van der Waals surface area contributed by atoms with Gasteiger partial charge in [0.05, 0.1) is 32.0 Å². The largest absolute Gasteiger partial charge is 0.392 e. The quantitative estimate of drug-likeness (QED) is 0.245. The number of hydrogen-bond acceptors (Lipinski definition) is 6. The lowest BCUT2D eigenvalue weighted by atomic mass is 9.53. The Hall–Kier alpha value is -3.27. The number of urea groups is 1. The van der Waals surface area contributed by atoms with Gasteiger partial charge in [0.1, 0.15) is 0 Å². The van der Waals surface area contributed by atoms with E-state index in [0.717, 1.165) is 110 Å². The first-order chi connectivity index (χ1) is 23.5. The summed E-state index contributed by atoms with van der Waals surface area (Å²) < 4.78 is 18.9. The third kappa shape index (κ3) is 7.19. The van der Waals surface area contributed by atoms with Gasteiger partial charge < -0.3 is 30.0 Å². The maximum atomic E-state index is 13.1. The van der Waals surface area contributed by atoms with Crippen LogP contribution in [0.2, 0.25) is 0 Å². The number of benzene rings is 3. The molecule has 3 atom stereocenters. The van der Waals surface area contributed by atoms with Crippen LogP contribution in [0.4, 0.5) is 4.79 Å². The number of morpholine rings is 1. The summed E-state index contributed by atoms with van der Waals surface area (Å²) >= 11 is 0. The summed E-state index contributed by atoms with van der Waals surface area (Å²) in [6.45, 7) is 4.66. The van der Waals surface area contributed by atoms with E-state index in [9.17, 15) is 9.90 Å². The first kappa shape index (κ1) is 32.0. The predicted molar refractivity (Wildman–Crippen MR) is 184 cm³/mol. The summed E-state index contributed by atoms with van der Waals surface area (Å²) in [7, 11) is 0. The number of nitrogens with zero attached hydrogens (tertiary/aromatic N) is 1. The molecule has 254 valence electrons. The Labute approximate surface area is 284 Å². The lowest BCUT2D eigenvalue weighted by Crippen LogP contribution is -2.61. The summed E-state index contributed by atoms with van der Waals surface area (Å²) in [6, 6.07) is 24.9. The minimum Gasteiger partial charge on any atom is -0.392 e. The second kappa shape index (κ2) is 13.9. The lowest BCUT2D eigenvalue weighted by Gasteiger charge is -2.56. The second-order valence-corrected chi connectivity index (χ2v) is 15.1. The number of aliphatic hydroxyl groups is 1. The van der Waals surface area contributed by atoms with Crippen LogP contribution in [0.15, 0.2) is 72.8 Å². The number of aliphatic hydroxyl groups excluding tert-OH is 1. The van der Waals surface area contributed by atoms with Crippen LogP contribution in [0.5, 0.6) is 0 Å². The van der Waals surface area contributed by atoms with Crippen LogP contribution in [0.1, 0.15) is 79.6 Å². The van der Waals surface area contributed by atoms with E-state index >= 15 is 0 Å². The summed E-state index contributed by atoms with van der Waals surface area (Å²) in [6.07, 6.45) is 7.69. The van der Waals surface area contributed by atoms with Crippen LogP contribution >= 0.6 is 0 Å². The topological polar surface area (TPSA) is 92.3 Å². The highest BCUT2D eigenvalue weighted by Crippen LogP contribution is 2.55. The Morgan fingerprint density at radius 2 is 1.48 bits per heavy atom. The number of rotatable bonds is 9. The van der Waals surface area contributed by atoms with E-state index in [4.69, 9.17) is 14.2 Å². The zero-order valence-electron chi connectivity index (χ0n) is 27.8. The number of carbonyl (C=O) groups is 1.